The van der Waals surface area contributed by atoms with Crippen molar-refractivity contribution in [2.75, 3.05) is 5.73 Å². The van der Waals surface area contributed by atoms with Crippen molar-refractivity contribution in [3.05, 3.63) is 27.9 Å². The number of aryl methyl sites for hydroxylation is 2. The second kappa shape index (κ2) is 3.31. The van der Waals surface area contributed by atoms with Gasteiger partial charge < -0.3 is 10.7 Å². The number of halogens is 1. The number of aromatic nitrogens is 1. The van der Waals surface area contributed by atoms with Crippen molar-refractivity contribution in [2.45, 2.75) is 20.3 Å². The molecule has 74 valence electrons. The number of benzene rings is 1. The van der Waals surface area contributed by atoms with Crippen LogP contribution in [0.25, 0.3) is 10.9 Å². The first-order chi connectivity index (χ1) is 6.65. The summed E-state index contributed by atoms with van der Waals surface area (Å²) in [6.45, 7) is 4.27. The summed E-state index contributed by atoms with van der Waals surface area (Å²) < 4.78 is 1.00. The summed E-state index contributed by atoms with van der Waals surface area (Å²) in [6.07, 6.45) is 1.02. The maximum atomic E-state index is 5.84. The zero-order valence-electron chi connectivity index (χ0n) is 8.32. The van der Waals surface area contributed by atoms with E-state index in [-0.39, 0.29) is 0 Å². The van der Waals surface area contributed by atoms with Gasteiger partial charge in [-0.1, -0.05) is 6.92 Å². The predicted octanol–water partition coefficient (Wildman–Crippen LogP) is 3.38. The summed E-state index contributed by atoms with van der Waals surface area (Å²) in [7, 11) is 0. The van der Waals surface area contributed by atoms with E-state index < -0.39 is 0 Å². The van der Waals surface area contributed by atoms with E-state index in [0.29, 0.717) is 0 Å². The molecule has 0 spiro atoms. The Hall–Kier alpha value is -0.960. The van der Waals surface area contributed by atoms with Crippen molar-refractivity contribution < 1.29 is 0 Å². The molecule has 0 saturated heterocycles. The molecule has 0 bridgehead atoms. The van der Waals surface area contributed by atoms with Gasteiger partial charge in [-0.05, 0) is 47.0 Å². The van der Waals surface area contributed by atoms with E-state index in [4.69, 9.17) is 5.73 Å². The van der Waals surface area contributed by atoms with Gasteiger partial charge in [-0.15, -0.1) is 0 Å². The molecule has 0 aliphatic rings. The topological polar surface area (TPSA) is 41.8 Å². The highest BCUT2D eigenvalue weighted by Gasteiger charge is 2.10. The van der Waals surface area contributed by atoms with Gasteiger partial charge in [0.1, 0.15) is 0 Å². The van der Waals surface area contributed by atoms with Crippen LogP contribution in [0.4, 0.5) is 5.69 Å². The summed E-state index contributed by atoms with van der Waals surface area (Å²) >= 11 is 3.53. The Bertz CT molecular complexity index is 485. The Labute approximate surface area is 91.6 Å². The average molecular weight is 253 g/mol. The Morgan fingerprint density at radius 2 is 2.14 bits per heavy atom. The highest BCUT2D eigenvalue weighted by molar-refractivity contribution is 9.10. The van der Waals surface area contributed by atoms with E-state index in [1.54, 1.807) is 0 Å². The fourth-order valence-electron chi connectivity index (χ4n) is 1.82. The molecule has 0 aliphatic heterocycles. The number of hydrogen-bond acceptors (Lipinski definition) is 1. The van der Waals surface area contributed by atoms with Crippen LogP contribution in [0.15, 0.2) is 16.6 Å². The van der Waals surface area contributed by atoms with E-state index in [1.807, 2.05) is 12.1 Å². The van der Waals surface area contributed by atoms with Gasteiger partial charge in [0.05, 0.1) is 4.47 Å². The maximum absolute atomic E-state index is 5.84. The zero-order valence-corrected chi connectivity index (χ0v) is 9.90. The fraction of sp³-hybridized carbons (Fsp3) is 0.273. The van der Waals surface area contributed by atoms with Crippen LogP contribution < -0.4 is 5.73 Å². The minimum absolute atomic E-state index is 0.794. The Kier molecular flexibility index (Phi) is 2.27. The predicted molar refractivity (Wildman–Crippen MR) is 64.5 cm³/mol. The minimum Gasteiger partial charge on any atom is -0.398 e. The average Bonchev–Trinajstić information content (AvgIpc) is 2.50. The van der Waals surface area contributed by atoms with Crippen molar-refractivity contribution in [1.29, 1.82) is 0 Å². The lowest BCUT2D eigenvalue weighted by Crippen LogP contribution is -1.86. The van der Waals surface area contributed by atoms with Crippen LogP contribution in [-0.4, -0.2) is 4.98 Å². The van der Waals surface area contributed by atoms with E-state index in [1.165, 1.54) is 16.6 Å². The summed E-state index contributed by atoms with van der Waals surface area (Å²) in [5, 5.41) is 1.21. The second-order valence-electron chi connectivity index (χ2n) is 3.47. The van der Waals surface area contributed by atoms with Crippen LogP contribution in [-0.2, 0) is 6.42 Å². The van der Waals surface area contributed by atoms with Gasteiger partial charge in [0, 0.05) is 22.3 Å². The Morgan fingerprint density at radius 1 is 1.43 bits per heavy atom. The van der Waals surface area contributed by atoms with Crippen molar-refractivity contribution in [3.8, 4) is 0 Å². The van der Waals surface area contributed by atoms with Crippen molar-refractivity contribution in [1.82, 2.24) is 4.98 Å². The minimum atomic E-state index is 0.794. The van der Waals surface area contributed by atoms with Crippen molar-refractivity contribution in [2.24, 2.45) is 0 Å². The molecule has 2 rings (SSSR count). The van der Waals surface area contributed by atoms with Crippen LogP contribution in [0.3, 0.4) is 0 Å². The lowest BCUT2D eigenvalue weighted by Gasteiger charge is -2.00. The summed E-state index contributed by atoms with van der Waals surface area (Å²) in [6, 6.07) is 3.95. The Balaban J connectivity index is 2.87. The fourth-order valence-corrected chi connectivity index (χ4v) is 2.47. The van der Waals surface area contributed by atoms with E-state index in [0.717, 1.165) is 22.1 Å². The number of nitrogens with two attached hydrogens (primary N) is 1. The molecule has 0 saturated carbocycles. The van der Waals surface area contributed by atoms with Gasteiger partial charge >= 0.3 is 0 Å². The molecule has 0 unspecified atom stereocenters. The number of fused-ring (bicyclic) bond motifs is 1. The summed E-state index contributed by atoms with van der Waals surface area (Å²) in [5.74, 6) is 0. The van der Waals surface area contributed by atoms with Crippen LogP contribution >= 0.6 is 15.9 Å². The number of hydrogen-bond donors (Lipinski definition) is 2. The van der Waals surface area contributed by atoms with Crippen LogP contribution in [0, 0.1) is 6.92 Å². The molecule has 0 fully saturated rings. The smallest absolute Gasteiger partial charge is 0.0501 e. The summed E-state index contributed by atoms with van der Waals surface area (Å²) in [5.41, 5.74) is 10.4. The normalized spacial score (nSPS) is 11.1. The van der Waals surface area contributed by atoms with E-state index >= 15 is 0 Å². The molecule has 1 heterocycles. The number of nitrogen functional groups attached to an aromatic ring is 1. The number of nitrogens with one attached hydrogen (secondary N) is 1. The number of rotatable bonds is 1. The largest absolute Gasteiger partial charge is 0.398 e. The first kappa shape index (κ1) is 9.59. The van der Waals surface area contributed by atoms with Crippen molar-refractivity contribution >= 4 is 32.5 Å². The zero-order chi connectivity index (χ0) is 10.3. The van der Waals surface area contributed by atoms with Gasteiger partial charge in [-0.2, -0.15) is 0 Å². The van der Waals surface area contributed by atoms with Gasteiger partial charge in [0.15, 0.2) is 0 Å². The number of H-pyrrole nitrogens is 1. The van der Waals surface area contributed by atoms with Gasteiger partial charge in [0.2, 0.25) is 0 Å². The molecule has 14 heavy (non-hydrogen) atoms. The maximum Gasteiger partial charge on any atom is 0.0501 e. The molecule has 2 aromatic rings. The van der Waals surface area contributed by atoms with Crippen LogP contribution in [0.1, 0.15) is 18.2 Å². The van der Waals surface area contributed by atoms with Crippen molar-refractivity contribution in [3.63, 3.8) is 0 Å². The first-order valence-electron chi connectivity index (χ1n) is 4.70. The summed E-state index contributed by atoms with van der Waals surface area (Å²) in [4.78, 5) is 3.40. The lowest BCUT2D eigenvalue weighted by molar-refractivity contribution is 1.05. The Morgan fingerprint density at radius 3 is 2.79 bits per heavy atom. The number of aromatic amines is 1. The van der Waals surface area contributed by atoms with Gasteiger partial charge in [-0.25, -0.2) is 0 Å². The van der Waals surface area contributed by atoms with E-state index in [9.17, 15) is 0 Å². The quantitative estimate of drug-likeness (QED) is 0.751. The molecular weight excluding hydrogens is 240 g/mol. The molecule has 3 N–H and O–H groups in total. The third-order valence-corrected chi connectivity index (χ3v) is 3.49. The number of anilines is 1. The molecule has 0 amide bonds. The van der Waals surface area contributed by atoms with Crippen LogP contribution in [0.5, 0.6) is 0 Å². The monoisotopic (exact) mass is 252 g/mol. The molecular formula is C11H13BrN2. The molecule has 0 radical (unpaired) electrons. The molecule has 0 aliphatic carbocycles. The first-order valence-corrected chi connectivity index (χ1v) is 5.49. The highest BCUT2D eigenvalue weighted by Crippen LogP contribution is 2.33. The molecule has 3 heteroatoms. The third kappa shape index (κ3) is 1.23. The molecule has 1 aromatic heterocycles. The molecule has 0 atom stereocenters. The standard InChI is InChI=1S/C11H13BrN2/c1-3-8-6(2)10-9(14-8)5-4-7(13)11(10)12/h4-5,14H,3,13H2,1-2H3. The van der Waals surface area contributed by atoms with E-state index in [2.05, 4.69) is 34.8 Å². The SMILES string of the molecule is CCc1[nH]c2ccc(N)c(Br)c2c1C. The van der Waals surface area contributed by atoms with Crippen LogP contribution in [0.2, 0.25) is 0 Å². The molecule has 1 aromatic carbocycles. The lowest BCUT2D eigenvalue weighted by atomic mass is 10.1. The highest BCUT2D eigenvalue weighted by atomic mass is 79.9. The van der Waals surface area contributed by atoms with Gasteiger partial charge in [-0.3, -0.25) is 0 Å². The van der Waals surface area contributed by atoms with Gasteiger partial charge in [0.25, 0.3) is 0 Å². The molecule has 2 nitrogen and oxygen atoms in total. The third-order valence-electron chi connectivity index (χ3n) is 2.64. The second-order valence-corrected chi connectivity index (χ2v) is 4.27.